The standard InChI is InChI=1S/C26H28FNO5/c1-24(2)15-33-26(12-10-25(32,11-13-26)14-20(30)31)22-21-18(4-3-5-19(21)29)28(23(22)24)17-8-6-16(27)7-9-17/h3-9,29,32H,10-15H2,1-2H3,(H,30,31)/t25-,26+. The van der Waals surface area contributed by atoms with Crippen molar-refractivity contribution in [3.8, 4) is 11.4 Å². The first-order valence-corrected chi connectivity index (χ1v) is 11.3. The highest BCUT2D eigenvalue weighted by molar-refractivity contribution is 5.94. The van der Waals surface area contributed by atoms with Gasteiger partial charge in [-0.25, -0.2) is 4.39 Å². The van der Waals surface area contributed by atoms with E-state index in [1.54, 1.807) is 24.3 Å². The van der Waals surface area contributed by atoms with Crippen LogP contribution in [0.15, 0.2) is 42.5 Å². The molecule has 1 fully saturated rings. The number of aromatic nitrogens is 1. The summed E-state index contributed by atoms with van der Waals surface area (Å²) in [7, 11) is 0. The minimum atomic E-state index is -1.27. The molecular formula is C26H28FNO5. The Kier molecular flexibility index (Phi) is 4.85. The molecule has 2 heterocycles. The van der Waals surface area contributed by atoms with Crippen LogP contribution in [0.25, 0.3) is 16.6 Å². The van der Waals surface area contributed by atoms with Gasteiger partial charge in [-0.3, -0.25) is 4.79 Å². The van der Waals surface area contributed by atoms with Gasteiger partial charge in [-0.2, -0.15) is 0 Å². The molecule has 6 nitrogen and oxygen atoms in total. The molecule has 1 aliphatic heterocycles. The minimum Gasteiger partial charge on any atom is -0.507 e. The smallest absolute Gasteiger partial charge is 0.306 e. The zero-order chi connectivity index (χ0) is 23.6. The summed E-state index contributed by atoms with van der Waals surface area (Å²) in [6, 6.07) is 11.7. The van der Waals surface area contributed by atoms with Crippen molar-refractivity contribution >= 4 is 16.9 Å². The summed E-state index contributed by atoms with van der Waals surface area (Å²) in [5.74, 6) is -1.21. The molecule has 0 bridgehead atoms. The van der Waals surface area contributed by atoms with Crippen LogP contribution in [0, 0.1) is 5.82 Å². The molecule has 2 aromatic carbocycles. The summed E-state index contributed by atoms with van der Waals surface area (Å²) in [6.45, 7) is 4.59. The number of benzene rings is 2. The van der Waals surface area contributed by atoms with Crippen LogP contribution >= 0.6 is 0 Å². The van der Waals surface area contributed by atoms with Crippen LogP contribution in [0.2, 0.25) is 0 Å². The zero-order valence-electron chi connectivity index (χ0n) is 18.8. The van der Waals surface area contributed by atoms with E-state index < -0.39 is 22.6 Å². The molecule has 1 aromatic heterocycles. The molecule has 2 aliphatic rings. The Labute approximate surface area is 191 Å². The number of fused-ring (bicyclic) bond motifs is 4. The second-order valence-corrected chi connectivity index (χ2v) is 10.2. The van der Waals surface area contributed by atoms with E-state index in [2.05, 4.69) is 18.4 Å². The third-order valence-electron chi connectivity index (χ3n) is 7.33. The van der Waals surface area contributed by atoms with Crippen LogP contribution in [0.4, 0.5) is 4.39 Å². The quantitative estimate of drug-likeness (QED) is 0.532. The van der Waals surface area contributed by atoms with Gasteiger partial charge in [-0.1, -0.05) is 19.9 Å². The maximum atomic E-state index is 13.7. The van der Waals surface area contributed by atoms with Gasteiger partial charge in [0.05, 0.1) is 29.7 Å². The Morgan fingerprint density at radius 3 is 2.39 bits per heavy atom. The first-order chi connectivity index (χ1) is 15.6. The van der Waals surface area contributed by atoms with E-state index in [0.29, 0.717) is 24.8 Å². The lowest BCUT2D eigenvalue weighted by Gasteiger charge is -2.49. The molecule has 0 unspecified atom stereocenters. The summed E-state index contributed by atoms with van der Waals surface area (Å²) in [4.78, 5) is 11.3. The van der Waals surface area contributed by atoms with Gasteiger partial charge in [0.15, 0.2) is 0 Å². The number of carbonyl (C=O) groups is 1. The van der Waals surface area contributed by atoms with Crippen molar-refractivity contribution in [2.45, 2.75) is 62.6 Å². The minimum absolute atomic E-state index is 0.136. The van der Waals surface area contributed by atoms with E-state index in [1.165, 1.54) is 12.1 Å². The molecular weight excluding hydrogens is 425 g/mol. The first kappa shape index (κ1) is 21.9. The SMILES string of the molecule is CC1(C)CO[C@]2(CC[C@](O)(CC(=O)O)CC2)c2c1n(-c1ccc(F)cc1)c1cccc(O)c12. The number of aliphatic hydroxyl groups is 1. The van der Waals surface area contributed by atoms with Gasteiger partial charge in [0.25, 0.3) is 0 Å². The highest BCUT2D eigenvalue weighted by Crippen LogP contribution is 2.56. The molecule has 1 saturated carbocycles. The Morgan fingerprint density at radius 2 is 1.76 bits per heavy atom. The number of rotatable bonds is 3. The predicted molar refractivity (Wildman–Crippen MR) is 121 cm³/mol. The van der Waals surface area contributed by atoms with Gasteiger partial charge in [0.2, 0.25) is 0 Å². The summed E-state index contributed by atoms with van der Waals surface area (Å²) < 4.78 is 22.3. The maximum absolute atomic E-state index is 13.7. The third-order valence-corrected chi connectivity index (χ3v) is 7.33. The summed E-state index contributed by atoms with van der Waals surface area (Å²) in [5, 5.41) is 31.8. The average molecular weight is 454 g/mol. The average Bonchev–Trinajstić information content (AvgIpc) is 3.12. The van der Waals surface area contributed by atoms with Crippen molar-refractivity contribution in [2.75, 3.05) is 6.61 Å². The number of carboxylic acid groups (broad SMARTS) is 1. The van der Waals surface area contributed by atoms with Crippen LogP contribution in [-0.4, -0.2) is 38.1 Å². The lowest BCUT2D eigenvalue weighted by molar-refractivity contribution is -0.158. The molecule has 1 aliphatic carbocycles. The van der Waals surface area contributed by atoms with Crippen LogP contribution in [0.3, 0.4) is 0 Å². The fourth-order valence-corrected chi connectivity index (χ4v) is 5.70. The number of aromatic hydroxyl groups is 1. The molecule has 174 valence electrons. The van der Waals surface area contributed by atoms with E-state index in [4.69, 9.17) is 4.74 Å². The Morgan fingerprint density at radius 1 is 1.09 bits per heavy atom. The van der Waals surface area contributed by atoms with Crippen molar-refractivity contribution in [2.24, 2.45) is 0 Å². The second-order valence-electron chi connectivity index (χ2n) is 10.2. The lowest BCUT2D eigenvalue weighted by Crippen LogP contribution is -2.49. The number of carboxylic acids is 1. The molecule has 33 heavy (non-hydrogen) atoms. The topological polar surface area (TPSA) is 91.9 Å². The number of hydrogen-bond donors (Lipinski definition) is 3. The zero-order valence-corrected chi connectivity index (χ0v) is 18.8. The number of phenols is 1. The van der Waals surface area contributed by atoms with Gasteiger partial charge >= 0.3 is 5.97 Å². The van der Waals surface area contributed by atoms with Crippen molar-refractivity contribution in [1.82, 2.24) is 4.57 Å². The first-order valence-electron chi connectivity index (χ1n) is 11.3. The summed E-state index contributed by atoms with van der Waals surface area (Å²) >= 11 is 0. The van der Waals surface area contributed by atoms with Gasteiger partial charge < -0.3 is 24.6 Å². The molecule has 3 N–H and O–H groups in total. The third kappa shape index (κ3) is 3.42. The van der Waals surface area contributed by atoms with E-state index in [-0.39, 0.29) is 30.8 Å². The van der Waals surface area contributed by atoms with Crippen molar-refractivity contribution in [3.63, 3.8) is 0 Å². The lowest BCUT2D eigenvalue weighted by atomic mass is 9.67. The normalized spacial score (nSPS) is 26.4. The number of hydrogen-bond acceptors (Lipinski definition) is 4. The van der Waals surface area contributed by atoms with Crippen molar-refractivity contribution in [1.29, 1.82) is 0 Å². The Balaban J connectivity index is 1.75. The van der Waals surface area contributed by atoms with Crippen LogP contribution in [-0.2, 0) is 20.5 Å². The number of halogens is 1. The number of ether oxygens (including phenoxy) is 1. The van der Waals surface area contributed by atoms with Crippen molar-refractivity contribution in [3.05, 3.63) is 59.5 Å². The monoisotopic (exact) mass is 453 g/mol. The number of nitrogens with zero attached hydrogens (tertiary/aromatic N) is 1. The molecule has 3 aromatic rings. The fraction of sp³-hybridized carbons (Fsp3) is 0.423. The van der Waals surface area contributed by atoms with E-state index in [0.717, 1.165) is 22.5 Å². The van der Waals surface area contributed by atoms with Crippen LogP contribution in [0.1, 0.15) is 57.2 Å². The summed E-state index contributed by atoms with van der Waals surface area (Å²) in [5.41, 5.74) is 1.03. The van der Waals surface area contributed by atoms with Gasteiger partial charge in [-0.05, 0) is 62.1 Å². The number of phenolic OH excluding ortho intramolecular Hbond substituents is 1. The van der Waals surface area contributed by atoms with E-state index in [1.807, 2.05) is 6.07 Å². The highest BCUT2D eigenvalue weighted by atomic mass is 19.1. The Hall–Kier alpha value is -2.90. The van der Waals surface area contributed by atoms with Crippen LogP contribution in [0.5, 0.6) is 5.75 Å². The highest BCUT2D eigenvalue weighted by Gasteiger charge is 2.52. The van der Waals surface area contributed by atoms with Crippen molar-refractivity contribution < 1.29 is 29.2 Å². The molecule has 0 radical (unpaired) electrons. The second kappa shape index (κ2) is 7.30. The molecule has 0 atom stereocenters. The molecule has 0 saturated heterocycles. The molecule has 7 heteroatoms. The molecule has 5 rings (SSSR count). The van der Waals surface area contributed by atoms with Crippen LogP contribution < -0.4 is 0 Å². The Bertz CT molecular complexity index is 1240. The number of aliphatic carboxylic acids is 1. The fourth-order valence-electron chi connectivity index (χ4n) is 5.70. The molecule has 1 spiro atoms. The van der Waals surface area contributed by atoms with Gasteiger partial charge in [0, 0.05) is 27.7 Å². The largest absolute Gasteiger partial charge is 0.507 e. The predicted octanol–water partition coefficient (Wildman–Crippen LogP) is 4.76. The summed E-state index contributed by atoms with van der Waals surface area (Å²) in [6.07, 6.45) is 1.16. The van der Waals surface area contributed by atoms with Gasteiger partial charge in [0.1, 0.15) is 11.6 Å². The van der Waals surface area contributed by atoms with E-state index in [9.17, 15) is 24.5 Å². The molecule has 0 amide bonds. The van der Waals surface area contributed by atoms with Gasteiger partial charge in [-0.15, -0.1) is 0 Å². The van der Waals surface area contributed by atoms with E-state index >= 15 is 0 Å². The maximum Gasteiger partial charge on any atom is 0.306 e.